The molecular weight excluding hydrogens is 292 g/mol. The van der Waals surface area contributed by atoms with Gasteiger partial charge >= 0.3 is 0 Å². The van der Waals surface area contributed by atoms with Crippen LogP contribution >= 0.6 is 0 Å². The summed E-state index contributed by atoms with van der Waals surface area (Å²) in [5.41, 5.74) is 0. The number of hydrogen-bond donors (Lipinski definition) is 1. The van der Waals surface area contributed by atoms with Crippen LogP contribution in [0.25, 0.3) is 0 Å². The van der Waals surface area contributed by atoms with E-state index in [1.807, 2.05) is 19.3 Å². The molecule has 0 amide bonds. The quantitative estimate of drug-likeness (QED) is 0.869. The van der Waals surface area contributed by atoms with Crippen molar-refractivity contribution in [2.75, 3.05) is 31.6 Å². The Hall–Kier alpha value is -1.82. The van der Waals surface area contributed by atoms with Crippen molar-refractivity contribution in [3.05, 3.63) is 24.7 Å². The van der Waals surface area contributed by atoms with Crippen LogP contribution in [-0.4, -0.2) is 53.3 Å². The van der Waals surface area contributed by atoms with Crippen molar-refractivity contribution in [1.29, 1.82) is 0 Å². The molecule has 0 unspecified atom stereocenters. The van der Waals surface area contributed by atoms with E-state index in [4.69, 9.17) is 9.47 Å². The van der Waals surface area contributed by atoms with Crippen LogP contribution in [0.2, 0.25) is 0 Å². The number of aromatic nitrogens is 2. The lowest BCUT2D eigenvalue weighted by Gasteiger charge is -2.34. The molecule has 23 heavy (non-hydrogen) atoms. The molecule has 2 aliphatic heterocycles. The Morgan fingerprint density at radius 2 is 2.17 bits per heavy atom. The third-order valence-electron chi connectivity index (χ3n) is 4.36. The lowest BCUT2D eigenvalue weighted by molar-refractivity contribution is 0.0699. The van der Waals surface area contributed by atoms with Gasteiger partial charge in [-0.3, -0.25) is 4.90 Å². The fraction of sp³-hybridized carbons (Fsp3) is 0.647. The van der Waals surface area contributed by atoms with E-state index < -0.39 is 0 Å². The third-order valence-corrected chi connectivity index (χ3v) is 4.36. The maximum Gasteiger partial charge on any atom is 0.218 e. The van der Waals surface area contributed by atoms with Gasteiger partial charge in [-0.15, -0.1) is 0 Å². The van der Waals surface area contributed by atoms with E-state index in [-0.39, 0.29) is 0 Å². The van der Waals surface area contributed by atoms with Gasteiger partial charge in [0.15, 0.2) is 0 Å². The van der Waals surface area contributed by atoms with Crippen molar-refractivity contribution in [2.24, 2.45) is 0 Å². The standard InChI is InChI=1S/C17H26N4O2/c1-2-22-17-11-16(18-13-19-17)20-14-6-8-21(9-7-14)12-15-5-3-4-10-23-15/h4,10-11,13-15H,2-3,5-9,12H2,1H3,(H,18,19,20)/t15-/m1/s1. The number of likely N-dealkylation sites (tertiary alicyclic amines) is 1. The first-order valence-corrected chi connectivity index (χ1v) is 8.57. The zero-order valence-electron chi connectivity index (χ0n) is 13.8. The molecule has 6 nitrogen and oxygen atoms in total. The van der Waals surface area contributed by atoms with E-state index in [0.717, 1.165) is 51.1 Å². The normalized spacial score (nSPS) is 22.6. The summed E-state index contributed by atoms with van der Waals surface area (Å²) >= 11 is 0. The van der Waals surface area contributed by atoms with Crippen molar-refractivity contribution in [3.8, 4) is 5.88 Å². The highest BCUT2D eigenvalue weighted by atomic mass is 16.5. The molecule has 1 saturated heterocycles. The van der Waals surface area contributed by atoms with Gasteiger partial charge in [0.25, 0.3) is 0 Å². The summed E-state index contributed by atoms with van der Waals surface area (Å²) in [5.74, 6) is 1.48. The van der Waals surface area contributed by atoms with E-state index in [9.17, 15) is 0 Å². The van der Waals surface area contributed by atoms with Crippen molar-refractivity contribution in [2.45, 2.75) is 44.8 Å². The number of piperidine rings is 1. The van der Waals surface area contributed by atoms with E-state index in [1.54, 1.807) is 6.33 Å². The molecule has 3 heterocycles. The Morgan fingerprint density at radius 1 is 1.30 bits per heavy atom. The van der Waals surface area contributed by atoms with Crippen LogP contribution in [0.5, 0.6) is 5.88 Å². The summed E-state index contributed by atoms with van der Waals surface area (Å²) < 4.78 is 11.1. The van der Waals surface area contributed by atoms with Crippen molar-refractivity contribution in [3.63, 3.8) is 0 Å². The second kappa shape index (κ2) is 8.15. The van der Waals surface area contributed by atoms with Crippen molar-refractivity contribution in [1.82, 2.24) is 14.9 Å². The minimum absolute atomic E-state index is 0.361. The van der Waals surface area contributed by atoms with Crippen molar-refractivity contribution >= 4 is 5.82 Å². The summed E-state index contributed by atoms with van der Waals surface area (Å²) in [6, 6.07) is 2.33. The Morgan fingerprint density at radius 3 is 2.91 bits per heavy atom. The molecule has 1 aromatic rings. The Kier molecular flexibility index (Phi) is 5.69. The molecule has 0 bridgehead atoms. The van der Waals surface area contributed by atoms with Gasteiger partial charge in [-0.1, -0.05) is 0 Å². The average molecular weight is 318 g/mol. The van der Waals surface area contributed by atoms with Crippen molar-refractivity contribution < 1.29 is 9.47 Å². The molecule has 3 rings (SSSR count). The molecule has 126 valence electrons. The summed E-state index contributed by atoms with van der Waals surface area (Å²) in [6.07, 6.45) is 10.4. The number of nitrogens with zero attached hydrogens (tertiary/aromatic N) is 3. The number of ether oxygens (including phenoxy) is 2. The fourth-order valence-corrected chi connectivity index (χ4v) is 3.12. The van der Waals surface area contributed by atoms with Crippen LogP contribution in [0.3, 0.4) is 0 Å². The third kappa shape index (κ3) is 4.82. The van der Waals surface area contributed by atoms with Gasteiger partial charge in [-0.25, -0.2) is 9.97 Å². The summed E-state index contributed by atoms with van der Waals surface area (Å²) in [6.45, 7) is 5.82. The SMILES string of the molecule is CCOc1cc(NC2CCN(C[C@H]3CCC=CO3)CC2)ncn1. The molecule has 1 atom stereocenters. The number of allylic oxidation sites excluding steroid dienone is 1. The van der Waals surface area contributed by atoms with Crippen LogP contribution in [0, 0.1) is 0 Å². The predicted octanol–water partition coefficient (Wildman–Crippen LogP) is 2.44. The molecule has 6 heteroatoms. The Balaban J connectivity index is 1.43. The molecule has 1 aromatic heterocycles. The van der Waals surface area contributed by atoms with E-state index >= 15 is 0 Å². The topological polar surface area (TPSA) is 59.5 Å². The molecule has 0 radical (unpaired) electrons. The largest absolute Gasteiger partial charge is 0.497 e. The van der Waals surface area contributed by atoms with Gasteiger partial charge in [-0.05, 0) is 38.7 Å². The minimum atomic E-state index is 0.361. The molecule has 0 aliphatic carbocycles. The smallest absolute Gasteiger partial charge is 0.218 e. The van der Waals surface area contributed by atoms with Gasteiger partial charge < -0.3 is 14.8 Å². The number of anilines is 1. The van der Waals surface area contributed by atoms with Gasteiger partial charge in [0.05, 0.1) is 12.9 Å². The van der Waals surface area contributed by atoms with Crippen LogP contribution < -0.4 is 10.1 Å². The van der Waals surface area contributed by atoms with Gasteiger partial charge in [0, 0.05) is 31.7 Å². The Labute approximate surface area is 137 Å². The number of rotatable bonds is 6. The number of hydrogen-bond acceptors (Lipinski definition) is 6. The highest BCUT2D eigenvalue weighted by Crippen LogP contribution is 2.19. The van der Waals surface area contributed by atoms with Gasteiger partial charge in [0.2, 0.25) is 5.88 Å². The monoisotopic (exact) mass is 318 g/mol. The van der Waals surface area contributed by atoms with E-state index in [2.05, 4.69) is 26.3 Å². The lowest BCUT2D eigenvalue weighted by Crippen LogP contribution is -2.43. The molecule has 1 fully saturated rings. The summed E-state index contributed by atoms with van der Waals surface area (Å²) in [7, 11) is 0. The zero-order chi connectivity index (χ0) is 15.9. The highest BCUT2D eigenvalue weighted by Gasteiger charge is 2.22. The second-order valence-electron chi connectivity index (χ2n) is 6.10. The van der Waals surface area contributed by atoms with Crippen LogP contribution in [0.15, 0.2) is 24.7 Å². The second-order valence-corrected chi connectivity index (χ2v) is 6.10. The van der Waals surface area contributed by atoms with Crippen LogP contribution in [0.4, 0.5) is 5.82 Å². The van der Waals surface area contributed by atoms with E-state index in [0.29, 0.717) is 24.6 Å². The molecule has 2 aliphatic rings. The zero-order valence-corrected chi connectivity index (χ0v) is 13.8. The maximum atomic E-state index is 5.67. The molecular formula is C17H26N4O2. The molecule has 0 saturated carbocycles. The lowest BCUT2D eigenvalue weighted by atomic mass is 10.0. The fourth-order valence-electron chi connectivity index (χ4n) is 3.12. The first-order valence-electron chi connectivity index (χ1n) is 8.57. The number of nitrogens with one attached hydrogen (secondary N) is 1. The Bertz CT molecular complexity index is 515. The minimum Gasteiger partial charge on any atom is -0.497 e. The van der Waals surface area contributed by atoms with Gasteiger partial charge in [0.1, 0.15) is 18.2 Å². The predicted molar refractivity (Wildman–Crippen MR) is 89.5 cm³/mol. The van der Waals surface area contributed by atoms with E-state index in [1.165, 1.54) is 0 Å². The molecule has 1 N–H and O–H groups in total. The molecule has 0 spiro atoms. The molecule has 0 aromatic carbocycles. The maximum absolute atomic E-state index is 5.67. The average Bonchev–Trinajstić information content (AvgIpc) is 2.58. The first kappa shape index (κ1) is 16.1. The summed E-state index contributed by atoms with van der Waals surface area (Å²) in [4.78, 5) is 10.9. The van der Waals surface area contributed by atoms with Gasteiger partial charge in [-0.2, -0.15) is 0 Å². The first-order chi connectivity index (χ1) is 11.3. The highest BCUT2D eigenvalue weighted by molar-refractivity contribution is 5.38. The van der Waals surface area contributed by atoms with Crippen LogP contribution in [-0.2, 0) is 4.74 Å². The summed E-state index contributed by atoms with van der Waals surface area (Å²) in [5, 5.41) is 3.50. The van der Waals surface area contributed by atoms with Crippen LogP contribution in [0.1, 0.15) is 32.6 Å².